The summed E-state index contributed by atoms with van der Waals surface area (Å²) in [4.78, 5) is 24.6. The van der Waals surface area contributed by atoms with E-state index >= 15 is 0 Å². The van der Waals surface area contributed by atoms with Crippen LogP contribution in [0.1, 0.15) is 11.4 Å². The van der Waals surface area contributed by atoms with Crippen LogP contribution in [0, 0.1) is 5.82 Å². The van der Waals surface area contributed by atoms with Crippen LogP contribution in [0.4, 0.5) is 4.39 Å². The van der Waals surface area contributed by atoms with Gasteiger partial charge in [-0.25, -0.2) is 9.37 Å². The average Bonchev–Trinajstić information content (AvgIpc) is 3.11. The van der Waals surface area contributed by atoms with Gasteiger partial charge in [0.05, 0.1) is 31.1 Å². The highest BCUT2D eigenvalue weighted by Gasteiger charge is 2.22. The first-order chi connectivity index (χ1) is 13.6. The van der Waals surface area contributed by atoms with Crippen molar-refractivity contribution >= 4 is 16.9 Å². The minimum absolute atomic E-state index is 0.0853. The number of amides is 1. The number of hydrogen-bond donors (Lipinski definition) is 1. The van der Waals surface area contributed by atoms with Gasteiger partial charge in [0.15, 0.2) is 0 Å². The van der Waals surface area contributed by atoms with E-state index in [1.165, 1.54) is 12.1 Å². The molecule has 1 aliphatic rings. The molecule has 1 aliphatic heterocycles. The van der Waals surface area contributed by atoms with Gasteiger partial charge in [-0.15, -0.1) is 0 Å². The van der Waals surface area contributed by atoms with Crippen molar-refractivity contribution in [1.82, 2.24) is 19.8 Å². The lowest BCUT2D eigenvalue weighted by atomic mass is 10.1. The Kier molecular flexibility index (Phi) is 5.25. The third kappa shape index (κ3) is 4.14. The molecule has 1 fully saturated rings. The molecule has 146 valence electrons. The van der Waals surface area contributed by atoms with Crippen molar-refractivity contribution in [3.05, 3.63) is 59.7 Å². The molecule has 1 saturated heterocycles. The van der Waals surface area contributed by atoms with E-state index < -0.39 is 0 Å². The molecule has 0 unspecified atom stereocenters. The minimum atomic E-state index is -0.283. The molecule has 0 atom stereocenters. The van der Waals surface area contributed by atoms with Gasteiger partial charge in [0.2, 0.25) is 5.91 Å². The second-order valence-corrected chi connectivity index (χ2v) is 7.03. The zero-order chi connectivity index (χ0) is 19.5. The van der Waals surface area contributed by atoms with E-state index in [9.17, 15) is 9.18 Å². The number of H-pyrrole nitrogens is 1. The number of nitrogens with zero attached hydrogens (tertiary/aromatic N) is 3. The zero-order valence-corrected chi connectivity index (χ0v) is 15.8. The lowest BCUT2D eigenvalue weighted by molar-refractivity contribution is -0.132. The van der Waals surface area contributed by atoms with Crippen LogP contribution < -0.4 is 4.74 Å². The molecule has 0 saturated carbocycles. The largest absolute Gasteiger partial charge is 0.497 e. The number of aromatic nitrogens is 2. The van der Waals surface area contributed by atoms with E-state index in [0.717, 1.165) is 47.8 Å². The van der Waals surface area contributed by atoms with Gasteiger partial charge >= 0.3 is 0 Å². The first-order valence-corrected chi connectivity index (χ1v) is 9.38. The highest BCUT2D eigenvalue weighted by atomic mass is 19.1. The second-order valence-electron chi connectivity index (χ2n) is 7.03. The average molecular weight is 382 g/mol. The number of fused-ring (bicyclic) bond motifs is 1. The fraction of sp³-hybridized carbons (Fsp3) is 0.333. The van der Waals surface area contributed by atoms with Gasteiger partial charge < -0.3 is 14.6 Å². The van der Waals surface area contributed by atoms with Crippen molar-refractivity contribution in [2.75, 3.05) is 33.3 Å². The predicted molar refractivity (Wildman–Crippen MR) is 105 cm³/mol. The van der Waals surface area contributed by atoms with E-state index in [-0.39, 0.29) is 11.7 Å². The molecule has 0 radical (unpaired) electrons. The van der Waals surface area contributed by atoms with Crippen molar-refractivity contribution in [3.8, 4) is 5.75 Å². The summed E-state index contributed by atoms with van der Waals surface area (Å²) in [7, 11) is 1.65. The summed E-state index contributed by atoms with van der Waals surface area (Å²) in [6.45, 7) is 3.70. The van der Waals surface area contributed by atoms with Crippen molar-refractivity contribution in [3.63, 3.8) is 0 Å². The quantitative estimate of drug-likeness (QED) is 0.737. The number of carbonyl (C=O) groups excluding carboxylic acids is 1. The number of aromatic amines is 1. The van der Waals surface area contributed by atoms with Gasteiger partial charge in [-0.05, 0) is 29.8 Å². The van der Waals surface area contributed by atoms with Crippen molar-refractivity contribution < 1.29 is 13.9 Å². The summed E-state index contributed by atoms with van der Waals surface area (Å²) >= 11 is 0. The molecule has 4 rings (SSSR count). The summed E-state index contributed by atoms with van der Waals surface area (Å²) in [6, 6.07) is 11.9. The fourth-order valence-electron chi connectivity index (χ4n) is 3.50. The molecule has 0 spiro atoms. The Bertz CT molecular complexity index is 962. The van der Waals surface area contributed by atoms with Crippen LogP contribution in [0.3, 0.4) is 0 Å². The molecule has 28 heavy (non-hydrogen) atoms. The Balaban J connectivity index is 1.31. The molecule has 1 aromatic heterocycles. The molecular formula is C21H23FN4O2. The normalized spacial score (nSPS) is 15.1. The van der Waals surface area contributed by atoms with Crippen LogP contribution in [-0.2, 0) is 17.8 Å². The molecule has 7 heteroatoms. The maximum absolute atomic E-state index is 13.0. The van der Waals surface area contributed by atoms with Crippen LogP contribution in [0.5, 0.6) is 5.75 Å². The van der Waals surface area contributed by atoms with Gasteiger partial charge in [-0.3, -0.25) is 9.69 Å². The number of hydrogen-bond acceptors (Lipinski definition) is 4. The summed E-state index contributed by atoms with van der Waals surface area (Å²) < 4.78 is 18.2. The number of nitrogens with one attached hydrogen (secondary N) is 1. The number of methoxy groups -OCH3 is 1. The Labute approximate surface area is 162 Å². The number of imidazole rings is 1. The SMILES string of the molecule is COc1ccc2nc(CN3CCN(C(=O)Cc4ccc(F)cc4)CC3)[nH]c2c1. The molecule has 3 aromatic rings. The Morgan fingerprint density at radius 2 is 1.89 bits per heavy atom. The maximum Gasteiger partial charge on any atom is 0.227 e. The van der Waals surface area contributed by atoms with Crippen LogP contribution in [-0.4, -0.2) is 59.0 Å². The zero-order valence-electron chi connectivity index (χ0n) is 15.8. The molecule has 1 amide bonds. The summed E-state index contributed by atoms with van der Waals surface area (Å²) in [6.07, 6.45) is 0.311. The van der Waals surface area contributed by atoms with Crippen LogP contribution in [0.25, 0.3) is 11.0 Å². The van der Waals surface area contributed by atoms with Crippen LogP contribution in [0.15, 0.2) is 42.5 Å². The smallest absolute Gasteiger partial charge is 0.227 e. The number of benzene rings is 2. The van der Waals surface area contributed by atoms with Gasteiger partial charge in [0, 0.05) is 32.2 Å². The number of ether oxygens (including phenoxy) is 1. The highest BCUT2D eigenvalue weighted by Crippen LogP contribution is 2.19. The van der Waals surface area contributed by atoms with E-state index in [2.05, 4.69) is 14.9 Å². The third-order valence-corrected chi connectivity index (χ3v) is 5.11. The molecule has 0 aliphatic carbocycles. The van der Waals surface area contributed by atoms with E-state index in [4.69, 9.17) is 4.74 Å². The van der Waals surface area contributed by atoms with Crippen molar-refractivity contribution in [1.29, 1.82) is 0 Å². The van der Waals surface area contributed by atoms with Gasteiger partial charge in [0.25, 0.3) is 0 Å². The monoisotopic (exact) mass is 382 g/mol. The first-order valence-electron chi connectivity index (χ1n) is 9.38. The van der Waals surface area contributed by atoms with Gasteiger partial charge in [-0.2, -0.15) is 0 Å². The molecular weight excluding hydrogens is 359 g/mol. The molecule has 2 heterocycles. The first kappa shape index (κ1) is 18.4. The highest BCUT2D eigenvalue weighted by molar-refractivity contribution is 5.79. The lowest BCUT2D eigenvalue weighted by Crippen LogP contribution is -2.48. The lowest BCUT2D eigenvalue weighted by Gasteiger charge is -2.34. The molecule has 0 bridgehead atoms. The van der Waals surface area contributed by atoms with Crippen molar-refractivity contribution in [2.24, 2.45) is 0 Å². The summed E-state index contributed by atoms with van der Waals surface area (Å²) in [5.41, 5.74) is 2.72. The second kappa shape index (κ2) is 7.98. The van der Waals surface area contributed by atoms with E-state index in [1.54, 1.807) is 19.2 Å². The van der Waals surface area contributed by atoms with Crippen molar-refractivity contribution in [2.45, 2.75) is 13.0 Å². The maximum atomic E-state index is 13.0. The molecule has 6 nitrogen and oxygen atoms in total. The Hall–Kier alpha value is -2.93. The number of rotatable bonds is 5. The number of piperazine rings is 1. The van der Waals surface area contributed by atoms with Gasteiger partial charge in [0.1, 0.15) is 17.4 Å². The Morgan fingerprint density at radius 3 is 2.61 bits per heavy atom. The number of halogens is 1. The fourth-order valence-corrected chi connectivity index (χ4v) is 3.50. The van der Waals surface area contributed by atoms with Gasteiger partial charge in [-0.1, -0.05) is 12.1 Å². The third-order valence-electron chi connectivity index (χ3n) is 5.11. The molecule has 2 aromatic carbocycles. The molecule has 1 N–H and O–H groups in total. The van der Waals surface area contributed by atoms with E-state index in [1.807, 2.05) is 23.1 Å². The predicted octanol–water partition coefficient (Wildman–Crippen LogP) is 2.60. The van der Waals surface area contributed by atoms with Crippen LogP contribution in [0.2, 0.25) is 0 Å². The minimum Gasteiger partial charge on any atom is -0.497 e. The van der Waals surface area contributed by atoms with Crippen LogP contribution >= 0.6 is 0 Å². The summed E-state index contributed by atoms with van der Waals surface area (Å²) in [5.74, 6) is 1.52. The van der Waals surface area contributed by atoms with E-state index in [0.29, 0.717) is 19.5 Å². The Morgan fingerprint density at radius 1 is 1.14 bits per heavy atom. The standard InChI is InChI=1S/C21H23FN4O2/c1-28-17-6-7-18-19(13-17)24-20(23-18)14-25-8-10-26(11-9-25)21(27)12-15-2-4-16(22)5-3-15/h2-7,13H,8-12,14H2,1H3,(H,23,24). The topological polar surface area (TPSA) is 61.5 Å². The summed E-state index contributed by atoms with van der Waals surface area (Å²) in [5, 5.41) is 0. The number of carbonyl (C=O) groups is 1.